The maximum Gasteiger partial charge on any atom is 0.235 e. The lowest BCUT2D eigenvalue weighted by atomic mass is 9.62. The van der Waals surface area contributed by atoms with Crippen LogP contribution in [0.15, 0.2) is 30.3 Å². The zero-order chi connectivity index (χ0) is 26.7. The highest BCUT2D eigenvalue weighted by molar-refractivity contribution is 6.06. The second kappa shape index (κ2) is 10.5. The van der Waals surface area contributed by atoms with Crippen LogP contribution in [0.25, 0.3) is 0 Å². The number of rotatable bonds is 6. The van der Waals surface area contributed by atoms with E-state index in [2.05, 4.69) is 29.6 Å². The smallest absolute Gasteiger partial charge is 0.235 e. The normalized spacial score (nSPS) is 43.1. The van der Waals surface area contributed by atoms with Crippen molar-refractivity contribution in [3.8, 4) is 0 Å². The maximum absolute atomic E-state index is 14.0. The molecule has 3 aliphatic heterocycles. The predicted octanol–water partition coefficient (Wildman–Crippen LogP) is 2.60. The van der Waals surface area contributed by atoms with Crippen molar-refractivity contribution in [2.75, 3.05) is 27.2 Å². The van der Waals surface area contributed by atoms with E-state index in [9.17, 15) is 9.59 Å². The minimum atomic E-state index is -0.429. The Kier molecular flexibility index (Phi) is 7.04. The van der Waals surface area contributed by atoms with E-state index >= 15 is 0 Å². The molecule has 6 aliphatic rings. The molecular formula is C31H43N3O5. The van der Waals surface area contributed by atoms with Gasteiger partial charge in [-0.05, 0) is 63.6 Å². The highest BCUT2D eigenvalue weighted by Crippen LogP contribution is 2.55. The summed E-state index contributed by atoms with van der Waals surface area (Å²) in [5, 5.41) is 3.96. The van der Waals surface area contributed by atoms with Gasteiger partial charge >= 0.3 is 0 Å². The summed E-state index contributed by atoms with van der Waals surface area (Å²) in [6.45, 7) is 1.74. The summed E-state index contributed by atoms with van der Waals surface area (Å²) in [5.74, 6) is -0.333. The van der Waals surface area contributed by atoms with Gasteiger partial charge < -0.3 is 24.4 Å². The van der Waals surface area contributed by atoms with Crippen LogP contribution in [0.2, 0.25) is 0 Å². The van der Waals surface area contributed by atoms with E-state index < -0.39 is 5.92 Å². The van der Waals surface area contributed by atoms with E-state index in [1.54, 1.807) is 4.90 Å². The van der Waals surface area contributed by atoms with Gasteiger partial charge in [-0.1, -0.05) is 43.2 Å². The molecule has 7 rings (SSSR count). The molecule has 39 heavy (non-hydrogen) atoms. The molecule has 3 saturated carbocycles. The number of nitrogens with one attached hydrogen (secondary N) is 1. The largest absolute Gasteiger partial charge is 0.373 e. The number of hydrogen-bond acceptors (Lipinski definition) is 7. The lowest BCUT2D eigenvalue weighted by molar-refractivity contribution is -0.265. The molecule has 212 valence electrons. The zero-order valence-corrected chi connectivity index (χ0v) is 23.2. The first-order valence-corrected chi connectivity index (χ1v) is 15.2. The number of ether oxygens (including phenoxy) is 3. The van der Waals surface area contributed by atoms with Crippen LogP contribution in [0.4, 0.5) is 0 Å². The van der Waals surface area contributed by atoms with E-state index in [0.29, 0.717) is 25.6 Å². The number of nitrogens with zero attached hydrogens (tertiary/aromatic N) is 2. The molecule has 3 saturated heterocycles. The molecule has 0 bridgehead atoms. The Morgan fingerprint density at radius 2 is 1.67 bits per heavy atom. The van der Waals surface area contributed by atoms with E-state index in [-0.39, 0.29) is 66.3 Å². The molecule has 0 aromatic heterocycles. The number of benzene rings is 1. The van der Waals surface area contributed by atoms with E-state index in [0.717, 1.165) is 44.9 Å². The van der Waals surface area contributed by atoms with Crippen molar-refractivity contribution in [1.82, 2.24) is 15.1 Å². The summed E-state index contributed by atoms with van der Waals surface area (Å²) in [6.07, 6.45) is 7.00. The maximum atomic E-state index is 14.0. The number of likely N-dealkylation sites (tertiary alicyclic amines) is 1. The van der Waals surface area contributed by atoms with Crippen LogP contribution >= 0.6 is 0 Å². The summed E-state index contributed by atoms with van der Waals surface area (Å²) in [4.78, 5) is 31.5. The summed E-state index contributed by atoms with van der Waals surface area (Å²) in [5.41, 5.74) is 1.20. The molecule has 3 aliphatic carbocycles. The standard InChI is InChI=1S/C31H43N3O5/c1-33(2)14-15-34-30(35)25-24-20-13-12-19(37-17-18-8-4-3-5-9-18)16-21(20)32-27(24)29-28(26(25)31(34)36)38-22-10-6-7-11-23(22)39-29/h3-5,8-9,19-29,32H,6-7,10-17H2,1-2H3. The molecule has 11 unspecified atom stereocenters. The van der Waals surface area contributed by atoms with Crippen molar-refractivity contribution >= 4 is 11.8 Å². The van der Waals surface area contributed by atoms with Crippen LogP contribution in [0.1, 0.15) is 50.5 Å². The molecule has 6 fully saturated rings. The highest BCUT2D eigenvalue weighted by atomic mass is 16.6. The van der Waals surface area contributed by atoms with Crippen LogP contribution in [0.3, 0.4) is 0 Å². The number of fused-ring (bicyclic) bond motifs is 9. The predicted molar refractivity (Wildman–Crippen MR) is 145 cm³/mol. The van der Waals surface area contributed by atoms with E-state index in [4.69, 9.17) is 14.2 Å². The number of likely N-dealkylation sites (N-methyl/N-ethyl adjacent to an activating group) is 1. The second-order valence-electron chi connectivity index (χ2n) is 13.0. The van der Waals surface area contributed by atoms with Crippen LogP contribution in [-0.4, -0.2) is 91.4 Å². The molecule has 2 amide bonds. The summed E-state index contributed by atoms with van der Waals surface area (Å²) < 4.78 is 20.0. The van der Waals surface area contributed by atoms with E-state index in [1.807, 2.05) is 25.1 Å². The molecule has 0 radical (unpaired) electrons. The first kappa shape index (κ1) is 26.1. The van der Waals surface area contributed by atoms with Crippen LogP contribution < -0.4 is 5.32 Å². The zero-order valence-electron chi connectivity index (χ0n) is 23.2. The summed E-state index contributed by atoms with van der Waals surface area (Å²) >= 11 is 0. The molecule has 8 nitrogen and oxygen atoms in total. The number of carbonyl (C=O) groups excluding carboxylic acids is 2. The quantitative estimate of drug-likeness (QED) is 0.559. The fourth-order valence-electron chi connectivity index (χ4n) is 8.73. The van der Waals surface area contributed by atoms with Crippen LogP contribution in [0.5, 0.6) is 0 Å². The number of hydrogen-bond donors (Lipinski definition) is 1. The van der Waals surface area contributed by atoms with Gasteiger partial charge in [0.05, 0.1) is 42.9 Å². The van der Waals surface area contributed by atoms with Gasteiger partial charge in [0, 0.05) is 25.2 Å². The van der Waals surface area contributed by atoms with Crippen LogP contribution in [-0.2, 0) is 30.4 Å². The summed E-state index contributed by atoms with van der Waals surface area (Å²) in [6, 6.07) is 10.7. The minimum Gasteiger partial charge on any atom is -0.373 e. The molecule has 11 atom stereocenters. The molecule has 0 spiro atoms. The topological polar surface area (TPSA) is 80.3 Å². The molecular weight excluding hydrogens is 494 g/mol. The van der Waals surface area contributed by atoms with Gasteiger partial charge in [0.2, 0.25) is 11.8 Å². The Balaban J connectivity index is 1.14. The number of carbonyl (C=O) groups is 2. The van der Waals surface area contributed by atoms with Crippen molar-refractivity contribution < 1.29 is 23.8 Å². The Morgan fingerprint density at radius 1 is 0.949 bits per heavy atom. The van der Waals surface area contributed by atoms with Gasteiger partial charge in [-0.2, -0.15) is 0 Å². The first-order valence-electron chi connectivity index (χ1n) is 15.2. The lowest BCUT2D eigenvalue weighted by Gasteiger charge is -2.52. The van der Waals surface area contributed by atoms with E-state index in [1.165, 1.54) is 5.56 Å². The van der Waals surface area contributed by atoms with Gasteiger partial charge in [0.15, 0.2) is 0 Å². The van der Waals surface area contributed by atoms with Crippen molar-refractivity contribution in [3.05, 3.63) is 35.9 Å². The molecule has 1 aromatic rings. The highest BCUT2D eigenvalue weighted by Gasteiger charge is 2.68. The fraction of sp³-hybridized carbons (Fsp3) is 0.742. The van der Waals surface area contributed by atoms with Crippen molar-refractivity contribution in [3.63, 3.8) is 0 Å². The SMILES string of the molecule is CN(C)CCN1C(=O)C2C3OC4CCCCC4OC3C3NC4CC(OCc5ccccc5)CCC4C3C2C1=O. The molecule has 1 aromatic carbocycles. The van der Waals surface area contributed by atoms with Gasteiger partial charge in [-0.15, -0.1) is 0 Å². The third-order valence-corrected chi connectivity index (χ3v) is 10.5. The molecule has 1 N–H and O–H groups in total. The molecule has 3 heterocycles. The average molecular weight is 538 g/mol. The lowest BCUT2D eigenvalue weighted by Crippen LogP contribution is -2.66. The fourth-order valence-corrected chi connectivity index (χ4v) is 8.73. The monoisotopic (exact) mass is 537 g/mol. The number of amides is 2. The Morgan fingerprint density at radius 3 is 2.41 bits per heavy atom. The van der Waals surface area contributed by atoms with Gasteiger partial charge in [-0.25, -0.2) is 0 Å². The third-order valence-electron chi connectivity index (χ3n) is 10.5. The van der Waals surface area contributed by atoms with Gasteiger partial charge in [0.25, 0.3) is 0 Å². The third kappa shape index (κ3) is 4.56. The van der Waals surface area contributed by atoms with Crippen LogP contribution in [0, 0.1) is 23.7 Å². The average Bonchev–Trinajstić information content (AvgIpc) is 3.44. The minimum absolute atomic E-state index is 0.0135. The molecule has 8 heteroatoms. The van der Waals surface area contributed by atoms with Crippen molar-refractivity contribution in [1.29, 1.82) is 0 Å². The van der Waals surface area contributed by atoms with Crippen molar-refractivity contribution in [2.45, 2.75) is 94.2 Å². The Labute approximate surface area is 231 Å². The Bertz CT molecular complexity index is 1070. The Hall–Kier alpha value is -1.84. The van der Waals surface area contributed by atoms with Crippen molar-refractivity contribution in [2.24, 2.45) is 23.7 Å². The van der Waals surface area contributed by atoms with Gasteiger partial charge in [0.1, 0.15) is 6.10 Å². The second-order valence-corrected chi connectivity index (χ2v) is 13.0. The summed E-state index contributed by atoms with van der Waals surface area (Å²) in [7, 11) is 3.96. The van der Waals surface area contributed by atoms with Gasteiger partial charge in [-0.3, -0.25) is 14.5 Å². The number of imide groups is 1. The first-order chi connectivity index (χ1) is 19.0.